The van der Waals surface area contributed by atoms with Crippen molar-refractivity contribution in [2.24, 2.45) is 5.73 Å². The monoisotopic (exact) mass is 378 g/mol. The third-order valence-electron chi connectivity index (χ3n) is 2.43. The van der Waals surface area contributed by atoms with E-state index < -0.39 is 0 Å². The number of halogens is 1. The number of nitrogens with one attached hydrogen (secondary N) is 1. The predicted octanol–water partition coefficient (Wildman–Crippen LogP) is 2.18. The molecule has 1 aromatic carbocycles. The lowest BCUT2D eigenvalue weighted by Crippen LogP contribution is -2.43. The van der Waals surface area contributed by atoms with E-state index in [4.69, 9.17) is 18.0 Å². The van der Waals surface area contributed by atoms with Crippen molar-refractivity contribution in [2.45, 2.75) is 25.8 Å². The number of hydrogen-bond acceptors (Lipinski definition) is 3. The van der Waals surface area contributed by atoms with E-state index in [-0.39, 0.29) is 28.3 Å². The number of carbonyl (C=O) groups is 1. The number of hydrogen-bond donors (Lipinski definition) is 3. The van der Waals surface area contributed by atoms with Crippen LogP contribution in [0.5, 0.6) is 5.75 Å². The molecule has 0 aliphatic rings. The minimum absolute atomic E-state index is 0.0499. The van der Waals surface area contributed by atoms with Gasteiger partial charge >= 0.3 is 0 Å². The second kappa shape index (κ2) is 6.89. The molecule has 6 heteroatoms. The van der Waals surface area contributed by atoms with Crippen LogP contribution in [0, 0.1) is 3.57 Å². The van der Waals surface area contributed by atoms with Crippen LogP contribution in [0.2, 0.25) is 0 Å². The summed E-state index contributed by atoms with van der Waals surface area (Å²) in [6.07, 6.45) is 1.55. The van der Waals surface area contributed by atoms with Crippen molar-refractivity contribution in [1.29, 1.82) is 0 Å². The first kappa shape index (κ1) is 15.2. The van der Waals surface area contributed by atoms with E-state index in [0.29, 0.717) is 6.42 Å². The van der Waals surface area contributed by atoms with Crippen molar-refractivity contribution in [2.75, 3.05) is 0 Å². The zero-order valence-corrected chi connectivity index (χ0v) is 12.9. The summed E-state index contributed by atoms with van der Waals surface area (Å²) in [5.74, 6) is -0.414. The van der Waals surface area contributed by atoms with Gasteiger partial charge in [-0.05, 0) is 47.2 Å². The highest BCUT2D eigenvalue weighted by Crippen LogP contribution is 2.19. The van der Waals surface area contributed by atoms with Gasteiger partial charge in [-0.15, -0.1) is 0 Å². The maximum Gasteiger partial charge on any atom is 0.255 e. The molecule has 0 aliphatic heterocycles. The van der Waals surface area contributed by atoms with Gasteiger partial charge in [-0.2, -0.15) is 0 Å². The lowest BCUT2D eigenvalue weighted by Gasteiger charge is -2.17. The summed E-state index contributed by atoms with van der Waals surface area (Å²) in [5.41, 5.74) is 5.81. The third kappa shape index (κ3) is 4.09. The fraction of sp³-hybridized carbons (Fsp3) is 0.333. The maximum absolute atomic E-state index is 12.0. The SMILES string of the molecule is CCCC(NC(=O)c1cc(I)ccc1O)C(N)=S. The van der Waals surface area contributed by atoms with Crippen LogP contribution in [-0.4, -0.2) is 22.0 Å². The van der Waals surface area contributed by atoms with E-state index in [1.165, 1.54) is 6.07 Å². The van der Waals surface area contributed by atoms with Crippen molar-refractivity contribution in [1.82, 2.24) is 5.32 Å². The van der Waals surface area contributed by atoms with Crippen LogP contribution in [-0.2, 0) is 0 Å². The molecular weight excluding hydrogens is 363 g/mol. The smallest absolute Gasteiger partial charge is 0.255 e. The van der Waals surface area contributed by atoms with Crippen LogP contribution in [0.25, 0.3) is 0 Å². The first-order valence-corrected chi connectivity index (χ1v) is 7.03. The van der Waals surface area contributed by atoms with E-state index >= 15 is 0 Å². The topological polar surface area (TPSA) is 75.3 Å². The lowest BCUT2D eigenvalue weighted by atomic mass is 10.1. The zero-order valence-electron chi connectivity index (χ0n) is 9.94. The van der Waals surface area contributed by atoms with E-state index in [2.05, 4.69) is 27.9 Å². The molecule has 1 rings (SSSR count). The summed E-state index contributed by atoms with van der Waals surface area (Å²) >= 11 is 6.99. The molecule has 0 fully saturated rings. The minimum atomic E-state index is -0.364. The average Bonchev–Trinajstić information content (AvgIpc) is 2.31. The Morgan fingerprint density at radius 1 is 1.61 bits per heavy atom. The molecule has 0 aromatic heterocycles. The summed E-state index contributed by atoms with van der Waals surface area (Å²) in [6, 6.07) is 4.50. The van der Waals surface area contributed by atoms with Gasteiger partial charge in [-0.3, -0.25) is 4.79 Å². The first-order chi connectivity index (χ1) is 8.45. The standard InChI is InChI=1S/C12H15IN2O2S/c1-2-3-9(11(14)18)15-12(17)8-6-7(13)4-5-10(8)16/h4-6,9,16H,2-3H2,1H3,(H2,14,18)(H,15,17). The van der Waals surface area contributed by atoms with Crippen LogP contribution >= 0.6 is 34.8 Å². The number of amides is 1. The fourth-order valence-corrected chi connectivity index (χ4v) is 2.17. The van der Waals surface area contributed by atoms with Gasteiger partial charge in [-0.1, -0.05) is 25.6 Å². The van der Waals surface area contributed by atoms with Crippen LogP contribution in [0.1, 0.15) is 30.1 Å². The normalized spacial score (nSPS) is 11.9. The second-order valence-corrected chi connectivity index (χ2v) is 5.60. The molecule has 0 aliphatic carbocycles. The number of nitrogens with two attached hydrogens (primary N) is 1. The molecule has 4 N–H and O–H groups in total. The Labute approximate surface area is 125 Å². The molecule has 1 unspecified atom stereocenters. The highest BCUT2D eigenvalue weighted by atomic mass is 127. The number of phenols is 1. The van der Waals surface area contributed by atoms with Crippen molar-refractivity contribution in [3.63, 3.8) is 0 Å². The second-order valence-electron chi connectivity index (χ2n) is 3.88. The molecular formula is C12H15IN2O2S. The predicted molar refractivity (Wildman–Crippen MR) is 83.8 cm³/mol. The van der Waals surface area contributed by atoms with Gasteiger partial charge in [0, 0.05) is 3.57 Å². The van der Waals surface area contributed by atoms with Crippen molar-refractivity contribution >= 4 is 45.7 Å². The number of rotatable bonds is 5. The van der Waals surface area contributed by atoms with Gasteiger partial charge in [0.15, 0.2) is 0 Å². The Hall–Kier alpha value is -0.890. The Balaban J connectivity index is 2.86. The Kier molecular flexibility index (Phi) is 5.80. The summed E-state index contributed by atoms with van der Waals surface area (Å²) in [5, 5.41) is 12.4. The molecule has 0 saturated heterocycles. The summed E-state index contributed by atoms with van der Waals surface area (Å²) < 4.78 is 0.873. The van der Waals surface area contributed by atoms with Gasteiger partial charge in [-0.25, -0.2) is 0 Å². The maximum atomic E-state index is 12.0. The van der Waals surface area contributed by atoms with Gasteiger partial charge in [0.25, 0.3) is 5.91 Å². The Bertz CT molecular complexity index is 465. The van der Waals surface area contributed by atoms with Gasteiger partial charge in [0.2, 0.25) is 0 Å². The molecule has 1 atom stereocenters. The van der Waals surface area contributed by atoms with Crippen LogP contribution in [0.15, 0.2) is 18.2 Å². The molecule has 0 heterocycles. The van der Waals surface area contributed by atoms with E-state index in [0.717, 1.165) is 9.99 Å². The number of aromatic hydroxyl groups is 1. The first-order valence-electron chi connectivity index (χ1n) is 5.54. The van der Waals surface area contributed by atoms with Crippen molar-refractivity contribution in [3.8, 4) is 5.75 Å². The zero-order chi connectivity index (χ0) is 13.7. The number of thiocarbonyl (C=S) groups is 1. The van der Waals surface area contributed by atoms with Crippen LogP contribution < -0.4 is 11.1 Å². The fourth-order valence-electron chi connectivity index (χ4n) is 1.50. The molecule has 0 radical (unpaired) electrons. The largest absolute Gasteiger partial charge is 0.507 e. The van der Waals surface area contributed by atoms with Crippen molar-refractivity contribution < 1.29 is 9.90 Å². The van der Waals surface area contributed by atoms with E-state index in [1.54, 1.807) is 12.1 Å². The molecule has 1 amide bonds. The molecule has 0 saturated carbocycles. The summed E-state index contributed by atoms with van der Waals surface area (Å²) in [4.78, 5) is 12.3. The van der Waals surface area contributed by atoms with Crippen LogP contribution in [0.3, 0.4) is 0 Å². The molecule has 0 spiro atoms. The molecule has 1 aromatic rings. The highest BCUT2D eigenvalue weighted by molar-refractivity contribution is 14.1. The molecule has 4 nitrogen and oxygen atoms in total. The summed E-state index contributed by atoms with van der Waals surface area (Å²) in [6.45, 7) is 1.99. The van der Waals surface area contributed by atoms with Gasteiger partial charge in [0.05, 0.1) is 16.6 Å². The quantitative estimate of drug-likeness (QED) is 0.543. The minimum Gasteiger partial charge on any atom is -0.507 e. The highest BCUT2D eigenvalue weighted by Gasteiger charge is 2.17. The Morgan fingerprint density at radius 2 is 2.28 bits per heavy atom. The number of carbonyl (C=O) groups excluding carboxylic acids is 1. The van der Waals surface area contributed by atoms with E-state index in [9.17, 15) is 9.90 Å². The Morgan fingerprint density at radius 3 is 2.83 bits per heavy atom. The van der Waals surface area contributed by atoms with Crippen molar-refractivity contribution in [3.05, 3.63) is 27.3 Å². The molecule has 98 valence electrons. The van der Waals surface area contributed by atoms with Gasteiger partial charge in [0.1, 0.15) is 5.75 Å². The summed E-state index contributed by atoms with van der Waals surface area (Å²) in [7, 11) is 0. The molecule has 18 heavy (non-hydrogen) atoms. The number of benzene rings is 1. The lowest BCUT2D eigenvalue weighted by molar-refractivity contribution is 0.0943. The van der Waals surface area contributed by atoms with Gasteiger partial charge < -0.3 is 16.2 Å². The average molecular weight is 378 g/mol. The van der Waals surface area contributed by atoms with Crippen LogP contribution in [0.4, 0.5) is 0 Å². The number of phenolic OH excluding ortho intramolecular Hbond substituents is 1. The van der Waals surface area contributed by atoms with E-state index in [1.807, 2.05) is 6.92 Å². The third-order valence-corrected chi connectivity index (χ3v) is 3.38. The molecule has 0 bridgehead atoms.